The molecule has 0 spiro atoms. The predicted molar refractivity (Wildman–Crippen MR) is 102 cm³/mol. The molecule has 0 unspecified atom stereocenters. The van der Waals surface area contributed by atoms with E-state index in [1.165, 1.54) is 12.1 Å². The van der Waals surface area contributed by atoms with Crippen molar-refractivity contribution in [3.63, 3.8) is 0 Å². The Balaban J connectivity index is 1.96. The normalized spacial score (nSPS) is 12.0. The second-order valence-corrected chi connectivity index (χ2v) is 5.84. The topological polar surface area (TPSA) is 54.9 Å². The maximum Gasteiger partial charge on any atom is 0.573 e. The maximum atomic E-state index is 12.5. The van der Waals surface area contributed by atoms with Crippen LogP contribution in [0, 0.1) is 0 Å². The van der Waals surface area contributed by atoms with Gasteiger partial charge in [0.15, 0.2) is 5.96 Å². The minimum atomic E-state index is -4.74. The van der Waals surface area contributed by atoms with Gasteiger partial charge in [-0.1, -0.05) is 42.5 Å². The lowest BCUT2D eigenvalue weighted by Crippen LogP contribution is -2.36. The number of hydrogen-bond acceptors (Lipinski definition) is 3. The van der Waals surface area contributed by atoms with Gasteiger partial charge in [-0.2, -0.15) is 0 Å². The molecule has 2 aromatic rings. The Morgan fingerprint density at radius 2 is 1.50 bits per heavy atom. The highest BCUT2D eigenvalue weighted by atomic mass is 19.4. The molecule has 0 atom stereocenters. The molecule has 0 heterocycles. The molecule has 8 heteroatoms. The molecule has 0 bridgehead atoms. The number of para-hydroxylation sites is 1. The molecule has 0 aliphatic rings. The number of ether oxygens (including phenoxy) is 2. The molecule has 0 fully saturated rings. The third-order valence-electron chi connectivity index (χ3n) is 3.89. The first-order valence-corrected chi connectivity index (χ1v) is 8.85. The summed E-state index contributed by atoms with van der Waals surface area (Å²) in [6, 6.07) is 13.9. The molecule has 0 saturated carbocycles. The molecule has 0 aromatic heterocycles. The van der Waals surface area contributed by atoms with Crippen molar-refractivity contribution in [2.24, 2.45) is 4.99 Å². The molecule has 152 valence electrons. The van der Waals surface area contributed by atoms with Crippen LogP contribution in [0.3, 0.4) is 0 Å². The summed E-state index contributed by atoms with van der Waals surface area (Å²) < 4.78 is 47.1. The first-order chi connectivity index (χ1) is 13.4. The second kappa shape index (κ2) is 10.6. The SMILES string of the molecule is CCOCc1ccccc1CNC(=NC)NCc1ccccc1OC(F)(F)F. The Kier molecular flexibility index (Phi) is 8.13. The number of benzene rings is 2. The smallest absolute Gasteiger partial charge is 0.405 e. The van der Waals surface area contributed by atoms with Crippen LogP contribution < -0.4 is 15.4 Å². The fourth-order valence-electron chi connectivity index (χ4n) is 2.54. The van der Waals surface area contributed by atoms with E-state index in [1.54, 1.807) is 19.2 Å². The molecular formula is C20H24F3N3O2. The lowest BCUT2D eigenvalue weighted by atomic mass is 10.1. The van der Waals surface area contributed by atoms with Gasteiger partial charge in [-0.3, -0.25) is 4.99 Å². The molecule has 5 nitrogen and oxygen atoms in total. The van der Waals surface area contributed by atoms with Crippen LogP contribution in [0.5, 0.6) is 5.75 Å². The van der Waals surface area contributed by atoms with Gasteiger partial charge < -0.3 is 20.1 Å². The molecule has 0 aliphatic heterocycles. The summed E-state index contributed by atoms with van der Waals surface area (Å²) in [7, 11) is 1.60. The van der Waals surface area contributed by atoms with Crippen LogP contribution in [-0.4, -0.2) is 26.0 Å². The highest BCUT2D eigenvalue weighted by Gasteiger charge is 2.31. The van der Waals surface area contributed by atoms with Crippen LogP contribution in [-0.2, 0) is 24.4 Å². The van der Waals surface area contributed by atoms with Crippen LogP contribution in [0.4, 0.5) is 13.2 Å². The minimum absolute atomic E-state index is 0.131. The number of hydrogen-bond donors (Lipinski definition) is 2. The average Bonchev–Trinajstić information content (AvgIpc) is 2.67. The molecule has 0 saturated heterocycles. The van der Waals surface area contributed by atoms with E-state index in [4.69, 9.17) is 4.74 Å². The van der Waals surface area contributed by atoms with Crippen molar-refractivity contribution in [2.45, 2.75) is 33.0 Å². The Morgan fingerprint density at radius 1 is 0.929 bits per heavy atom. The third kappa shape index (κ3) is 7.11. The number of nitrogens with one attached hydrogen (secondary N) is 2. The van der Waals surface area contributed by atoms with Gasteiger partial charge in [-0.25, -0.2) is 0 Å². The molecule has 0 radical (unpaired) electrons. The van der Waals surface area contributed by atoms with Crippen molar-refractivity contribution in [2.75, 3.05) is 13.7 Å². The number of alkyl halides is 3. The van der Waals surface area contributed by atoms with E-state index in [2.05, 4.69) is 20.4 Å². The first kappa shape index (κ1) is 21.6. The summed E-state index contributed by atoms with van der Waals surface area (Å²) in [6.07, 6.45) is -4.74. The molecule has 28 heavy (non-hydrogen) atoms. The molecule has 2 N–H and O–H groups in total. The van der Waals surface area contributed by atoms with Crippen LogP contribution in [0.1, 0.15) is 23.6 Å². The zero-order chi connectivity index (χ0) is 20.4. The zero-order valence-electron chi connectivity index (χ0n) is 15.8. The van der Waals surface area contributed by atoms with E-state index in [0.29, 0.717) is 31.3 Å². The van der Waals surface area contributed by atoms with Crippen molar-refractivity contribution < 1.29 is 22.6 Å². The summed E-state index contributed by atoms with van der Waals surface area (Å²) in [6.45, 7) is 3.72. The fourth-order valence-corrected chi connectivity index (χ4v) is 2.54. The van der Waals surface area contributed by atoms with Crippen LogP contribution >= 0.6 is 0 Å². The third-order valence-corrected chi connectivity index (χ3v) is 3.89. The van der Waals surface area contributed by atoms with E-state index < -0.39 is 6.36 Å². The van der Waals surface area contributed by atoms with Crippen molar-refractivity contribution in [1.82, 2.24) is 10.6 Å². The van der Waals surface area contributed by atoms with Gasteiger partial charge in [0.05, 0.1) is 6.61 Å². The highest BCUT2D eigenvalue weighted by Crippen LogP contribution is 2.26. The quantitative estimate of drug-likeness (QED) is 0.524. The van der Waals surface area contributed by atoms with E-state index in [0.717, 1.165) is 11.1 Å². The van der Waals surface area contributed by atoms with E-state index in [1.807, 2.05) is 31.2 Å². The van der Waals surface area contributed by atoms with Crippen molar-refractivity contribution in [1.29, 1.82) is 0 Å². The summed E-state index contributed by atoms with van der Waals surface area (Å²) >= 11 is 0. The molecular weight excluding hydrogens is 371 g/mol. The Bertz CT molecular complexity index is 779. The minimum Gasteiger partial charge on any atom is -0.405 e. The van der Waals surface area contributed by atoms with Gasteiger partial charge in [0, 0.05) is 32.3 Å². The van der Waals surface area contributed by atoms with Gasteiger partial charge in [-0.05, 0) is 24.1 Å². The maximum absolute atomic E-state index is 12.5. The van der Waals surface area contributed by atoms with Gasteiger partial charge in [0.1, 0.15) is 5.75 Å². The lowest BCUT2D eigenvalue weighted by Gasteiger charge is -2.16. The van der Waals surface area contributed by atoms with Crippen molar-refractivity contribution in [3.05, 3.63) is 65.2 Å². The Morgan fingerprint density at radius 3 is 2.11 bits per heavy atom. The van der Waals surface area contributed by atoms with Gasteiger partial charge in [-0.15, -0.1) is 13.2 Å². The number of guanidine groups is 1. The van der Waals surface area contributed by atoms with E-state index >= 15 is 0 Å². The van der Waals surface area contributed by atoms with Crippen LogP contribution in [0.15, 0.2) is 53.5 Å². The van der Waals surface area contributed by atoms with E-state index in [-0.39, 0.29) is 12.3 Å². The largest absolute Gasteiger partial charge is 0.573 e. The summed E-state index contributed by atoms with van der Waals surface area (Å²) in [5.41, 5.74) is 2.50. The van der Waals surface area contributed by atoms with Gasteiger partial charge >= 0.3 is 6.36 Å². The predicted octanol–water partition coefficient (Wildman–Crippen LogP) is 3.99. The average molecular weight is 395 g/mol. The van der Waals surface area contributed by atoms with Crippen LogP contribution in [0.2, 0.25) is 0 Å². The number of halogens is 3. The van der Waals surface area contributed by atoms with Crippen molar-refractivity contribution in [3.8, 4) is 5.75 Å². The summed E-state index contributed by atoms with van der Waals surface area (Å²) in [4.78, 5) is 4.11. The molecule has 2 rings (SSSR count). The molecule has 2 aromatic carbocycles. The monoisotopic (exact) mass is 395 g/mol. The summed E-state index contributed by atoms with van der Waals surface area (Å²) in [5, 5.41) is 6.17. The van der Waals surface area contributed by atoms with E-state index in [9.17, 15) is 13.2 Å². The Hall–Kier alpha value is -2.74. The first-order valence-electron chi connectivity index (χ1n) is 8.85. The van der Waals surface area contributed by atoms with Gasteiger partial charge in [0.2, 0.25) is 0 Å². The fraction of sp³-hybridized carbons (Fsp3) is 0.350. The second-order valence-electron chi connectivity index (χ2n) is 5.84. The molecule has 0 aliphatic carbocycles. The number of rotatable bonds is 8. The number of aliphatic imine (C=N–C) groups is 1. The Labute approximate surface area is 162 Å². The zero-order valence-corrected chi connectivity index (χ0v) is 15.8. The van der Waals surface area contributed by atoms with Crippen molar-refractivity contribution >= 4 is 5.96 Å². The standard InChI is InChI=1S/C20H24F3N3O2/c1-3-27-14-17-10-5-4-8-15(17)12-25-19(24-2)26-13-16-9-6-7-11-18(16)28-20(21,22)23/h4-11H,3,12-14H2,1-2H3,(H2,24,25,26). The van der Waals surface area contributed by atoms with Gasteiger partial charge in [0.25, 0.3) is 0 Å². The summed E-state index contributed by atoms with van der Waals surface area (Å²) in [5.74, 6) is 0.230. The highest BCUT2D eigenvalue weighted by molar-refractivity contribution is 5.79. The van der Waals surface area contributed by atoms with Crippen LogP contribution in [0.25, 0.3) is 0 Å². The lowest BCUT2D eigenvalue weighted by molar-refractivity contribution is -0.274. The number of nitrogens with zero attached hydrogens (tertiary/aromatic N) is 1. The molecule has 0 amide bonds.